The Kier molecular flexibility index (Phi) is 5.11. The minimum Gasteiger partial charge on any atom is -0.395 e. The third kappa shape index (κ3) is 5.50. The molecule has 0 heterocycles. The van der Waals surface area contributed by atoms with Crippen LogP contribution in [0.5, 0.6) is 0 Å². The molecule has 0 aliphatic carbocycles. The van der Waals surface area contributed by atoms with E-state index in [0.29, 0.717) is 6.54 Å². The van der Waals surface area contributed by atoms with E-state index >= 15 is 0 Å². The van der Waals surface area contributed by atoms with Gasteiger partial charge in [0.15, 0.2) is 0 Å². The zero-order valence-corrected chi connectivity index (χ0v) is 4.52. The van der Waals surface area contributed by atoms with Gasteiger partial charge in [-0.15, -0.1) is 0 Å². The average molecular weight is 101 g/mol. The van der Waals surface area contributed by atoms with E-state index in [9.17, 15) is 0 Å². The maximum Gasteiger partial charge on any atom is 0.0603 e. The van der Waals surface area contributed by atoms with Crippen LogP contribution in [0.2, 0.25) is 0 Å². The number of hydrogen-bond donors (Lipinski definition) is 2. The van der Waals surface area contributed by atoms with E-state index in [1.54, 1.807) is 6.20 Å². The van der Waals surface area contributed by atoms with Gasteiger partial charge in [0.05, 0.1) is 6.61 Å². The van der Waals surface area contributed by atoms with Crippen molar-refractivity contribution in [3.8, 4) is 0 Å². The van der Waals surface area contributed by atoms with Crippen molar-refractivity contribution in [1.82, 2.24) is 5.32 Å². The van der Waals surface area contributed by atoms with Crippen LogP contribution in [0.15, 0.2) is 12.3 Å². The molecule has 0 rings (SSSR count). The van der Waals surface area contributed by atoms with Gasteiger partial charge in [-0.2, -0.15) is 0 Å². The maximum atomic E-state index is 8.20. The molecule has 0 aliphatic heterocycles. The van der Waals surface area contributed by atoms with Crippen molar-refractivity contribution in [2.45, 2.75) is 6.92 Å². The standard InChI is InChI=1S/C5H11NO/c1-2-3-6-4-5-7/h2-3,6-7H,4-5H2,1H3/b3-2-. The normalized spacial score (nSPS) is 10.0. The molecular formula is C5H11NO. The minimum absolute atomic E-state index is 0.199. The summed E-state index contributed by atoms with van der Waals surface area (Å²) in [6.45, 7) is 2.76. The van der Waals surface area contributed by atoms with Gasteiger partial charge < -0.3 is 10.4 Å². The van der Waals surface area contributed by atoms with E-state index in [4.69, 9.17) is 5.11 Å². The van der Waals surface area contributed by atoms with Crippen molar-refractivity contribution in [3.63, 3.8) is 0 Å². The molecule has 0 aromatic carbocycles. The van der Waals surface area contributed by atoms with Crippen molar-refractivity contribution in [2.24, 2.45) is 0 Å². The molecule has 0 saturated carbocycles. The van der Waals surface area contributed by atoms with Gasteiger partial charge in [0, 0.05) is 6.54 Å². The van der Waals surface area contributed by atoms with Crippen LogP contribution >= 0.6 is 0 Å². The fraction of sp³-hybridized carbons (Fsp3) is 0.600. The summed E-state index contributed by atoms with van der Waals surface area (Å²) in [5.41, 5.74) is 0. The molecule has 0 bridgehead atoms. The summed E-state index contributed by atoms with van der Waals surface area (Å²) in [5, 5.41) is 11.1. The molecule has 0 aromatic rings. The van der Waals surface area contributed by atoms with Gasteiger partial charge in [0.1, 0.15) is 0 Å². The van der Waals surface area contributed by atoms with Crippen LogP contribution in [-0.2, 0) is 0 Å². The van der Waals surface area contributed by atoms with Crippen LogP contribution in [0.3, 0.4) is 0 Å². The number of rotatable bonds is 3. The molecule has 0 radical (unpaired) electrons. The number of hydrogen-bond acceptors (Lipinski definition) is 2. The van der Waals surface area contributed by atoms with Gasteiger partial charge in [0.2, 0.25) is 0 Å². The van der Waals surface area contributed by atoms with Crippen LogP contribution in [0.25, 0.3) is 0 Å². The Balaban J connectivity index is 2.69. The molecule has 0 atom stereocenters. The maximum absolute atomic E-state index is 8.20. The highest BCUT2D eigenvalue weighted by Crippen LogP contribution is 1.60. The summed E-state index contributed by atoms with van der Waals surface area (Å²) in [6, 6.07) is 0. The van der Waals surface area contributed by atoms with E-state index in [2.05, 4.69) is 5.32 Å². The quantitative estimate of drug-likeness (QED) is 0.494. The number of nitrogens with one attached hydrogen (secondary N) is 1. The summed E-state index contributed by atoms with van der Waals surface area (Å²) in [6.07, 6.45) is 3.69. The molecule has 0 saturated heterocycles. The van der Waals surface area contributed by atoms with Crippen LogP contribution in [0.4, 0.5) is 0 Å². The largest absolute Gasteiger partial charge is 0.395 e. The lowest BCUT2D eigenvalue weighted by molar-refractivity contribution is 0.298. The molecule has 7 heavy (non-hydrogen) atoms. The second-order valence-electron chi connectivity index (χ2n) is 1.18. The first kappa shape index (κ1) is 6.50. The monoisotopic (exact) mass is 101 g/mol. The molecule has 2 N–H and O–H groups in total. The van der Waals surface area contributed by atoms with Crippen molar-refractivity contribution in [3.05, 3.63) is 12.3 Å². The van der Waals surface area contributed by atoms with E-state index in [1.165, 1.54) is 0 Å². The summed E-state index contributed by atoms with van der Waals surface area (Å²) >= 11 is 0. The Hall–Kier alpha value is -0.500. The molecule has 0 aliphatic rings. The van der Waals surface area contributed by atoms with Crippen LogP contribution in [0.1, 0.15) is 6.92 Å². The lowest BCUT2D eigenvalue weighted by Crippen LogP contribution is -2.09. The molecule has 0 unspecified atom stereocenters. The fourth-order valence-electron chi connectivity index (χ4n) is 0.266. The summed E-state index contributed by atoms with van der Waals surface area (Å²) in [5.74, 6) is 0. The molecular weight excluding hydrogens is 90.1 g/mol. The highest BCUT2D eigenvalue weighted by atomic mass is 16.3. The van der Waals surface area contributed by atoms with Crippen LogP contribution < -0.4 is 5.32 Å². The zero-order valence-electron chi connectivity index (χ0n) is 4.52. The molecule has 0 spiro atoms. The SMILES string of the molecule is C/C=C\NCCO. The second-order valence-corrected chi connectivity index (χ2v) is 1.18. The molecule has 2 nitrogen and oxygen atoms in total. The van der Waals surface area contributed by atoms with Gasteiger partial charge in [0.25, 0.3) is 0 Å². The minimum atomic E-state index is 0.199. The lowest BCUT2D eigenvalue weighted by atomic mass is 10.6. The Morgan fingerprint density at radius 2 is 2.43 bits per heavy atom. The number of allylic oxidation sites excluding steroid dienone is 1. The first-order valence-corrected chi connectivity index (χ1v) is 2.37. The Morgan fingerprint density at radius 3 is 2.86 bits per heavy atom. The number of aliphatic hydroxyl groups is 1. The van der Waals surface area contributed by atoms with E-state index in [-0.39, 0.29) is 6.61 Å². The Labute approximate surface area is 43.9 Å². The van der Waals surface area contributed by atoms with Gasteiger partial charge in [-0.25, -0.2) is 0 Å². The summed E-state index contributed by atoms with van der Waals surface area (Å²) in [7, 11) is 0. The highest BCUT2D eigenvalue weighted by Gasteiger charge is 1.69. The molecule has 42 valence electrons. The van der Waals surface area contributed by atoms with E-state index in [1.807, 2.05) is 13.0 Å². The fourth-order valence-corrected chi connectivity index (χ4v) is 0.266. The van der Waals surface area contributed by atoms with Gasteiger partial charge in [-0.1, -0.05) is 6.08 Å². The summed E-state index contributed by atoms with van der Waals surface area (Å²) < 4.78 is 0. The first-order chi connectivity index (χ1) is 3.41. The molecule has 0 amide bonds. The smallest absolute Gasteiger partial charge is 0.0603 e. The van der Waals surface area contributed by atoms with E-state index < -0.39 is 0 Å². The third-order valence-electron chi connectivity index (χ3n) is 0.541. The van der Waals surface area contributed by atoms with Crippen LogP contribution in [-0.4, -0.2) is 18.3 Å². The zero-order chi connectivity index (χ0) is 5.54. The predicted octanol–water partition coefficient (Wildman–Crippen LogP) is 0.102. The van der Waals surface area contributed by atoms with Crippen molar-refractivity contribution >= 4 is 0 Å². The van der Waals surface area contributed by atoms with Crippen molar-refractivity contribution in [2.75, 3.05) is 13.2 Å². The topological polar surface area (TPSA) is 32.3 Å². The van der Waals surface area contributed by atoms with Gasteiger partial charge in [-0.05, 0) is 13.1 Å². The summed E-state index contributed by atoms with van der Waals surface area (Å²) in [4.78, 5) is 0. The predicted molar refractivity (Wildman–Crippen MR) is 29.9 cm³/mol. The Morgan fingerprint density at radius 1 is 1.71 bits per heavy atom. The first-order valence-electron chi connectivity index (χ1n) is 2.37. The molecule has 0 aromatic heterocycles. The Bertz CT molecular complexity index is 52.0. The molecule has 0 fully saturated rings. The lowest BCUT2D eigenvalue weighted by Gasteiger charge is -1.90. The van der Waals surface area contributed by atoms with Crippen molar-refractivity contribution in [1.29, 1.82) is 0 Å². The second kappa shape index (κ2) is 5.50. The van der Waals surface area contributed by atoms with E-state index in [0.717, 1.165) is 0 Å². The molecule has 2 heteroatoms. The number of aliphatic hydroxyl groups excluding tert-OH is 1. The van der Waals surface area contributed by atoms with Gasteiger partial charge >= 0.3 is 0 Å². The highest BCUT2D eigenvalue weighted by molar-refractivity contribution is 4.72. The third-order valence-corrected chi connectivity index (χ3v) is 0.541. The van der Waals surface area contributed by atoms with Gasteiger partial charge in [-0.3, -0.25) is 0 Å². The van der Waals surface area contributed by atoms with Crippen LogP contribution in [0, 0.1) is 0 Å². The van der Waals surface area contributed by atoms with Crippen molar-refractivity contribution < 1.29 is 5.11 Å². The average Bonchev–Trinajstić information content (AvgIpc) is 1.69.